The van der Waals surface area contributed by atoms with Crippen LogP contribution in [-0.2, 0) is 7.05 Å². The lowest BCUT2D eigenvalue weighted by molar-refractivity contribution is 0.946. The molecule has 3 aromatic rings. The summed E-state index contributed by atoms with van der Waals surface area (Å²) in [4.78, 5) is 12.8. The second-order valence-electron chi connectivity index (χ2n) is 4.48. The first-order valence-corrected chi connectivity index (χ1v) is 5.86. The molecule has 0 unspecified atom stereocenters. The molecular weight excluding hydrogens is 224 g/mol. The maximum atomic E-state index is 4.35. The summed E-state index contributed by atoms with van der Waals surface area (Å²) in [6.07, 6.45) is 5.32. The van der Waals surface area contributed by atoms with Crippen molar-refractivity contribution in [2.75, 3.05) is 0 Å². The largest absolute Gasteiger partial charge is 0.328 e. The van der Waals surface area contributed by atoms with Gasteiger partial charge in [-0.15, -0.1) is 0 Å². The van der Waals surface area contributed by atoms with Gasteiger partial charge in [0.2, 0.25) is 0 Å². The van der Waals surface area contributed by atoms with Crippen molar-refractivity contribution in [3.05, 3.63) is 42.1 Å². The molecule has 0 amide bonds. The van der Waals surface area contributed by atoms with Gasteiger partial charge in [-0.05, 0) is 31.5 Å². The first kappa shape index (κ1) is 10.9. The third-order valence-electron chi connectivity index (χ3n) is 3.34. The van der Waals surface area contributed by atoms with E-state index in [4.69, 9.17) is 0 Å². The highest BCUT2D eigenvalue weighted by atomic mass is 15.0. The summed E-state index contributed by atoms with van der Waals surface area (Å²) in [5, 5.41) is 1.10. The molecule has 0 N–H and O–H groups in total. The normalized spacial score (nSPS) is 11.1. The van der Waals surface area contributed by atoms with Crippen LogP contribution in [0, 0.1) is 13.8 Å². The molecule has 4 heteroatoms. The summed E-state index contributed by atoms with van der Waals surface area (Å²) in [5.74, 6) is 0. The van der Waals surface area contributed by atoms with E-state index >= 15 is 0 Å². The van der Waals surface area contributed by atoms with E-state index in [2.05, 4.69) is 32.5 Å². The maximum Gasteiger partial charge on any atom is 0.143 e. The van der Waals surface area contributed by atoms with Crippen molar-refractivity contribution in [3.8, 4) is 11.3 Å². The number of rotatable bonds is 1. The van der Waals surface area contributed by atoms with Crippen LogP contribution in [0.25, 0.3) is 22.3 Å². The predicted octanol–water partition coefficient (Wildman–Crippen LogP) is 2.65. The Bertz CT molecular complexity index is 728. The number of aryl methyl sites for hydroxylation is 3. The van der Waals surface area contributed by atoms with Crippen molar-refractivity contribution in [2.24, 2.45) is 7.05 Å². The molecule has 90 valence electrons. The molecule has 3 heterocycles. The van der Waals surface area contributed by atoms with Crippen LogP contribution in [0.3, 0.4) is 0 Å². The van der Waals surface area contributed by atoms with Gasteiger partial charge in [0.05, 0.1) is 11.4 Å². The average molecular weight is 238 g/mol. The fourth-order valence-electron chi connectivity index (χ4n) is 2.25. The molecule has 0 aliphatic heterocycles. The van der Waals surface area contributed by atoms with Crippen molar-refractivity contribution in [2.45, 2.75) is 13.8 Å². The van der Waals surface area contributed by atoms with Crippen LogP contribution in [0.4, 0.5) is 0 Å². The Hall–Kier alpha value is -2.23. The Labute approximate surface area is 105 Å². The summed E-state index contributed by atoms with van der Waals surface area (Å²) >= 11 is 0. The molecule has 3 aromatic heterocycles. The van der Waals surface area contributed by atoms with Gasteiger partial charge >= 0.3 is 0 Å². The molecule has 0 saturated carbocycles. The molecule has 0 spiro atoms. The third-order valence-corrected chi connectivity index (χ3v) is 3.34. The molecule has 18 heavy (non-hydrogen) atoms. The van der Waals surface area contributed by atoms with Gasteiger partial charge in [0, 0.05) is 30.4 Å². The molecule has 4 nitrogen and oxygen atoms in total. The van der Waals surface area contributed by atoms with E-state index in [1.807, 2.05) is 32.4 Å². The lowest BCUT2D eigenvalue weighted by atomic mass is 10.1. The second-order valence-corrected chi connectivity index (χ2v) is 4.48. The van der Waals surface area contributed by atoms with E-state index in [1.165, 1.54) is 5.56 Å². The number of nitrogens with zero attached hydrogens (tertiary/aromatic N) is 4. The molecular formula is C14H14N4. The molecule has 0 saturated heterocycles. The van der Waals surface area contributed by atoms with Gasteiger partial charge < -0.3 is 4.57 Å². The topological polar surface area (TPSA) is 43.6 Å². The zero-order valence-corrected chi connectivity index (χ0v) is 10.7. The van der Waals surface area contributed by atoms with Crippen LogP contribution in [0.2, 0.25) is 0 Å². The summed E-state index contributed by atoms with van der Waals surface area (Å²) in [6, 6.07) is 4.15. The highest BCUT2D eigenvalue weighted by Crippen LogP contribution is 2.28. The number of pyridine rings is 1. The fraction of sp³-hybridized carbons (Fsp3) is 0.214. The van der Waals surface area contributed by atoms with Gasteiger partial charge in [-0.3, -0.25) is 4.98 Å². The summed E-state index contributed by atoms with van der Waals surface area (Å²) < 4.78 is 2.09. The minimum absolute atomic E-state index is 0.959. The number of aromatic nitrogens is 4. The number of hydrogen-bond donors (Lipinski definition) is 0. The Morgan fingerprint density at radius 1 is 1.17 bits per heavy atom. The zero-order valence-electron chi connectivity index (χ0n) is 10.7. The van der Waals surface area contributed by atoms with Crippen molar-refractivity contribution >= 4 is 11.0 Å². The first-order valence-electron chi connectivity index (χ1n) is 5.86. The molecule has 0 atom stereocenters. The number of hydrogen-bond acceptors (Lipinski definition) is 3. The minimum Gasteiger partial charge on any atom is -0.328 e. The average Bonchev–Trinajstić information content (AvgIpc) is 2.70. The fourth-order valence-corrected chi connectivity index (χ4v) is 2.25. The summed E-state index contributed by atoms with van der Waals surface area (Å²) in [5.41, 5.74) is 5.43. The van der Waals surface area contributed by atoms with Crippen LogP contribution in [0.1, 0.15) is 11.3 Å². The molecule has 3 rings (SSSR count). The smallest absolute Gasteiger partial charge is 0.143 e. The molecule has 0 bridgehead atoms. The van der Waals surface area contributed by atoms with E-state index in [9.17, 15) is 0 Å². The lowest BCUT2D eigenvalue weighted by Crippen LogP contribution is -1.95. The van der Waals surface area contributed by atoms with Gasteiger partial charge in [-0.1, -0.05) is 0 Å². The molecule has 0 radical (unpaired) electrons. The Morgan fingerprint density at radius 3 is 2.72 bits per heavy atom. The lowest BCUT2D eigenvalue weighted by Gasteiger charge is -2.06. The maximum absolute atomic E-state index is 4.35. The van der Waals surface area contributed by atoms with Gasteiger partial charge in [-0.2, -0.15) is 0 Å². The second kappa shape index (κ2) is 3.91. The van der Waals surface area contributed by atoms with Crippen LogP contribution >= 0.6 is 0 Å². The Morgan fingerprint density at radius 2 is 2.00 bits per heavy atom. The predicted molar refractivity (Wildman–Crippen MR) is 71.2 cm³/mol. The highest BCUT2D eigenvalue weighted by molar-refractivity contribution is 5.86. The van der Waals surface area contributed by atoms with E-state index < -0.39 is 0 Å². The Balaban J connectivity index is 2.35. The van der Waals surface area contributed by atoms with Gasteiger partial charge in [-0.25, -0.2) is 9.97 Å². The van der Waals surface area contributed by atoms with Gasteiger partial charge in [0.15, 0.2) is 0 Å². The number of fused-ring (bicyclic) bond motifs is 1. The van der Waals surface area contributed by atoms with E-state index in [-0.39, 0.29) is 0 Å². The quantitative estimate of drug-likeness (QED) is 0.654. The van der Waals surface area contributed by atoms with Crippen LogP contribution in [-0.4, -0.2) is 19.5 Å². The standard InChI is InChI=1S/C14H14N4/c1-9-4-5-15-7-12(9)13-6-11-10(2)16-8-17-14(11)18(13)3/h4-8H,1-3H3. The Kier molecular flexibility index (Phi) is 2.37. The highest BCUT2D eigenvalue weighted by Gasteiger charge is 2.12. The first-order chi connectivity index (χ1) is 8.68. The van der Waals surface area contributed by atoms with E-state index in [1.54, 1.807) is 6.33 Å². The molecule has 0 aliphatic rings. The van der Waals surface area contributed by atoms with Crippen molar-refractivity contribution in [3.63, 3.8) is 0 Å². The van der Waals surface area contributed by atoms with Crippen LogP contribution < -0.4 is 0 Å². The molecule has 0 aromatic carbocycles. The zero-order chi connectivity index (χ0) is 12.7. The van der Waals surface area contributed by atoms with Crippen LogP contribution in [0.5, 0.6) is 0 Å². The van der Waals surface area contributed by atoms with Crippen molar-refractivity contribution in [1.82, 2.24) is 19.5 Å². The van der Waals surface area contributed by atoms with Crippen molar-refractivity contribution in [1.29, 1.82) is 0 Å². The summed E-state index contributed by atoms with van der Waals surface area (Å²) in [6.45, 7) is 4.09. The third kappa shape index (κ3) is 1.49. The summed E-state index contributed by atoms with van der Waals surface area (Å²) in [7, 11) is 2.02. The molecule has 0 fully saturated rings. The molecule has 0 aliphatic carbocycles. The van der Waals surface area contributed by atoms with Crippen molar-refractivity contribution < 1.29 is 0 Å². The van der Waals surface area contributed by atoms with E-state index in [0.29, 0.717) is 0 Å². The van der Waals surface area contributed by atoms with E-state index in [0.717, 1.165) is 28.0 Å². The van der Waals surface area contributed by atoms with Crippen LogP contribution in [0.15, 0.2) is 30.9 Å². The van der Waals surface area contributed by atoms with Gasteiger partial charge in [0.1, 0.15) is 12.0 Å². The minimum atomic E-state index is 0.959. The van der Waals surface area contributed by atoms with Gasteiger partial charge in [0.25, 0.3) is 0 Å². The monoisotopic (exact) mass is 238 g/mol. The SMILES string of the molecule is Cc1ccncc1-c1cc2c(C)ncnc2n1C.